The van der Waals surface area contributed by atoms with E-state index in [4.69, 9.17) is 9.15 Å². The molecule has 4 heterocycles. The molecule has 1 aliphatic heterocycles. The van der Waals surface area contributed by atoms with Gasteiger partial charge in [0, 0.05) is 50.2 Å². The zero-order chi connectivity index (χ0) is 28.2. The molecule has 0 spiro atoms. The highest BCUT2D eigenvalue weighted by Crippen LogP contribution is 2.36. The number of likely N-dealkylation sites (N-methyl/N-ethyl adjacent to an activating group) is 1. The van der Waals surface area contributed by atoms with E-state index in [1.165, 1.54) is 24.3 Å². The van der Waals surface area contributed by atoms with Crippen molar-refractivity contribution in [1.82, 2.24) is 25.1 Å². The number of benzene rings is 1. The van der Waals surface area contributed by atoms with E-state index in [9.17, 15) is 13.6 Å². The number of amides is 1. The van der Waals surface area contributed by atoms with Gasteiger partial charge in [0.2, 0.25) is 12.3 Å². The van der Waals surface area contributed by atoms with Crippen LogP contribution in [-0.2, 0) is 11.3 Å². The van der Waals surface area contributed by atoms with Crippen molar-refractivity contribution in [2.45, 2.75) is 13.0 Å². The molecule has 0 saturated carbocycles. The van der Waals surface area contributed by atoms with Gasteiger partial charge in [0.1, 0.15) is 17.4 Å². The number of aromatic nitrogens is 4. The summed E-state index contributed by atoms with van der Waals surface area (Å²) in [5.74, 6) is -0.363. The summed E-state index contributed by atoms with van der Waals surface area (Å²) in [6.07, 6.45) is 0.688. The van der Waals surface area contributed by atoms with E-state index in [0.717, 1.165) is 32.0 Å². The summed E-state index contributed by atoms with van der Waals surface area (Å²) >= 11 is 0. The Morgan fingerprint density at radius 1 is 1.07 bits per heavy atom. The fourth-order valence-electron chi connectivity index (χ4n) is 4.38. The Morgan fingerprint density at radius 2 is 1.88 bits per heavy atom. The summed E-state index contributed by atoms with van der Waals surface area (Å²) in [6.45, 7) is 3.48. The lowest BCUT2D eigenvalue weighted by Crippen LogP contribution is -2.44. The van der Waals surface area contributed by atoms with Crippen LogP contribution in [0.2, 0.25) is 0 Å². The molecule has 10 nitrogen and oxygen atoms in total. The second-order valence-corrected chi connectivity index (χ2v) is 9.21. The zero-order valence-electron chi connectivity index (χ0n) is 21.8. The van der Waals surface area contributed by atoms with Gasteiger partial charge in [-0.05, 0) is 42.9 Å². The van der Waals surface area contributed by atoms with Gasteiger partial charge in [0.05, 0.1) is 30.6 Å². The number of rotatable bonds is 9. The maximum atomic E-state index is 15.5. The summed E-state index contributed by atoms with van der Waals surface area (Å²) in [5, 5.41) is 6.89. The van der Waals surface area contributed by atoms with Crippen molar-refractivity contribution < 1.29 is 27.1 Å². The predicted octanol–water partition coefficient (Wildman–Crippen LogP) is 4.19. The molecule has 208 valence electrons. The molecule has 0 bridgehead atoms. The van der Waals surface area contributed by atoms with E-state index >= 15 is 4.39 Å². The number of nitrogens with zero attached hydrogens (tertiary/aromatic N) is 7. The van der Waals surface area contributed by atoms with Crippen LogP contribution < -0.4 is 14.5 Å². The number of ether oxygens (including phenoxy) is 1. The second kappa shape index (κ2) is 11.7. The monoisotopic (exact) mass is 553 g/mol. The first-order chi connectivity index (χ1) is 19.4. The Hall–Kier alpha value is -4.52. The van der Waals surface area contributed by atoms with E-state index in [0.29, 0.717) is 34.5 Å². The fraction of sp³-hybridized carbons (Fsp3) is 0.296. The quantitative estimate of drug-likeness (QED) is 0.283. The summed E-state index contributed by atoms with van der Waals surface area (Å²) < 4.78 is 51.4. The number of alkyl halides is 2. The Morgan fingerprint density at radius 3 is 2.52 bits per heavy atom. The maximum absolute atomic E-state index is 15.5. The van der Waals surface area contributed by atoms with Crippen molar-refractivity contribution in [3.63, 3.8) is 0 Å². The number of piperazine rings is 1. The molecule has 1 amide bonds. The fourth-order valence-corrected chi connectivity index (χ4v) is 4.38. The Bertz CT molecular complexity index is 1470. The first kappa shape index (κ1) is 27.1. The first-order valence-electron chi connectivity index (χ1n) is 12.4. The van der Waals surface area contributed by atoms with Crippen LogP contribution in [0.3, 0.4) is 0 Å². The molecule has 0 aliphatic carbocycles. The highest BCUT2D eigenvalue weighted by atomic mass is 19.3. The normalized spacial score (nSPS) is 14.0. The molecule has 1 aliphatic rings. The van der Waals surface area contributed by atoms with Crippen LogP contribution in [0.4, 0.5) is 24.7 Å². The van der Waals surface area contributed by atoms with Gasteiger partial charge in [-0.15, -0.1) is 10.2 Å². The highest BCUT2D eigenvalue weighted by molar-refractivity contribution is 5.82. The molecule has 4 aromatic rings. The Kier molecular flexibility index (Phi) is 7.91. The van der Waals surface area contributed by atoms with E-state index in [1.807, 2.05) is 6.07 Å². The van der Waals surface area contributed by atoms with Gasteiger partial charge in [0.15, 0.2) is 0 Å². The lowest BCUT2D eigenvalue weighted by Gasteiger charge is -2.33. The van der Waals surface area contributed by atoms with Crippen molar-refractivity contribution in [3.05, 3.63) is 66.2 Å². The third-order valence-corrected chi connectivity index (χ3v) is 6.62. The molecule has 0 unspecified atom stereocenters. The van der Waals surface area contributed by atoms with E-state index in [-0.39, 0.29) is 18.1 Å². The van der Waals surface area contributed by atoms with Crippen LogP contribution in [0.25, 0.3) is 22.6 Å². The average Bonchev–Trinajstić information content (AvgIpc) is 3.48. The third kappa shape index (κ3) is 5.73. The molecule has 0 N–H and O–H groups in total. The molecule has 0 radical (unpaired) electrons. The van der Waals surface area contributed by atoms with Crippen LogP contribution in [0.15, 0.2) is 53.2 Å². The molecule has 1 fully saturated rings. The van der Waals surface area contributed by atoms with Gasteiger partial charge in [0.25, 0.3) is 5.89 Å². The minimum absolute atomic E-state index is 0.00610. The number of carbonyl (C=O) groups excluding carboxylic acids is 1. The number of hydrogen-bond donors (Lipinski definition) is 0. The maximum Gasteiger partial charge on any atom is 0.314 e. The summed E-state index contributed by atoms with van der Waals surface area (Å²) in [6, 6.07) is 9.50. The number of pyridine rings is 2. The second-order valence-electron chi connectivity index (χ2n) is 9.21. The summed E-state index contributed by atoms with van der Waals surface area (Å²) in [7, 11) is 3.51. The number of anilines is 2. The van der Waals surface area contributed by atoms with E-state index < -0.39 is 18.1 Å². The molecule has 1 saturated heterocycles. The van der Waals surface area contributed by atoms with Gasteiger partial charge in [-0.3, -0.25) is 9.78 Å². The molecular weight excluding hydrogens is 527 g/mol. The van der Waals surface area contributed by atoms with Crippen molar-refractivity contribution in [2.75, 3.05) is 50.1 Å². The van der Waals surface area contributed by atoms with Crippen molar-refractivity contribution in [1.29, 1.82) is 0 Å². The minimum Gasteiger partial charge on any atom is -0.495 e. The molecule has 40 heavy (non-hydrogen) atoms. The van der Waals surface area contributed by atoms with Gasteiger partial charge in [-0.25, -0.2) is 9.37 Å². The Balaban J connectivity index is 1.37. The third-order valence-electron chi connectivity index (χ3n) is 6.62. The summed E-state index contributed by atoms with van der Waals surface area (Å²) in [4.78, 5) is 26.4. The first-order valence-corrected chi connectivity index (χ1v) is 12.4. The smallest absolute Gasteiger partial charge is 0.314 e. The van der Waals surface area contributed by atoms with Crippen molar-refractivity contribution in [2.24, 2.45) is 0 Å². The average molecular weight is 554 g/mol. The number of halogens is 3. The highest BCUT2D eigenvalue weighted by Gasteiger charge is 2.21. The lowest BCUT2D eigenvalue weighted by atomic mass is 10.0. The standard InChI is InChI=1S/C27H26F3N7O3/c1-35-7-9-36(10-8-35)24-11-17(5-6-31-24)20-12-23(39-2)22(13-21(20)28)37(16-38)15-19-4-3-18(14-32-19)26-33-34-27(40-26)25(29)30/h3-6,11-14,16,25H,7-10,15H2,1-2H3. The topological polar surface area (TPSA) is 101 Å². The van der Waals surface area contributed by atoms with Crippen LogP contribution in [-0.4, -0.2) is 71.8 Å². The molecule has 13 heteroatoms. The van der Waals surface area contributed by atoms with Gasteiger partial charge < -0.3 is 23.9 Å². The van der Waals surface area contributed by atoms with E-state index in [2.05, 4.69) is 37.0 Å². The summed E-state index contributed by atoms with van der Waals surface area (Å²) in [5.41, 5.74) is 1.95. The zero-order valence-corrected chi connectivity index (χ0v) is 21.8. The van der Waals surface area contributed by atoms with Gasteiger partial charge >= 0.3 is 6.43 Å². The Labute approximate surface area is 228 Å². The molecule has 1 aromatic carbocycles. The van der Waals surface area contributed by atoms with Crippen LogP contribution in [0.5, 0.6) is 5.75 Å². The minimum atomic E-state index is -2.88. The largest absolute Gasteiger partial charge is 0.495 e. The lowest BCUT2D eigenvalue weighted by molar-refractivity contribution is -0.107. The van der Waals surface area contributed by atoms with Crippen LogP contribution >= 0.6 is 0 Å². The van der Waals surface area contributed by atoms with Gasteiger partial charge in [-0.2, -0.15) is 8.78 Å². The van der Waals surface area contributed by atoms with Crippen molar-refractivity contribution >= 4 is 17.9 Å². The predicted molar refractivity (Wildman–Crippen MR) is 141 cm³/mol. The SMILES string of the molecule is COc1cc(-c2ccnc(N3CCN(C)CC3)c2)c(F)cc1N(C=O)Cc1ccc(-c2nnc(C(F)F)o2)cn1. The van der Waals surface area contributed by atoms with Gasteiger partial charge in [-0.1, -0.05) is 0 Å². The molecule has 0 atom stereocenters. The number of hydrogen-bond acceptors (Lipinski definition) is 9. The molecular formula is C27H26F3N7O3. The number of methoxy groups -OCH3 is 1. The van der Waals surface area contributed by atoms with Crippen molar-refractivity contribution in [3.8, 4) is 28.3 Å². The van der Waals surface area contributed by atoms with Crippen LogP contribution in [0, 0.1) is 5.82 Å². The molecule has 3 aromatic heterocycles. The van der Waals surface area contributed by atoms with Crippen LogP contribution in [0.1, 0.15) is 18.0 Å². The van der Waals surface area contributed by atoms with E-state index in [1.54, 1.807) is 30.5 Å². The number of carbonyl (C=O) groups is 1. The molecule has 5 rings (SSSR count).